The molecule has 2 aromatic carbocycles. The zero-order chi connectivity index (χ0) is 14.1. The van der Waals surface area contributed by atoms with Gasteiger partial charge in [-0.3, -0.25) is 0 Å². The molecule has 2 aromatic rings. The van der Waals surface area contributed by atoms with Gasteiger partial charge in [0.2, 0.25) is 0 Å². The summed E-state index contributed by atoms with van der Waals surface area (Å²) in [5.74, 6) is 0. The predicted octanol–water partition coefficient (Wildman–Crippen LogP) is 3.53. The van der Waals surface area contributed by atoms with Crippen LogP contribution in [-0.4, -0.2) is 6.54 Å². The Labute approximate surface area is 119 Å². The van der Waals surface area contributed by atoms with Crippen molar-refractivity contribution in [2.24, 2.45) is 0 Å². The van der Waals surface area contributed by atoms with Gasteiger partial charge in [-0.2, -0.15) is 5.26 Å². The van der Waals surface area contributed by atoms with Crippen molar-refractivity contribution in [1.29, 1.82) is 5.26 Å². The summed E-state index contributed by atoms with van der Waals surface area (Å²) in [6, 6.07) is 14.3. The monoisotopic (exact) mass is 263 g/mol. The average Bonchev–Trinajstić information content (AvgIpc) is 2.46. The maximum absolute atomic E-state index is 9.12. The number of benzene rings is 2. The van der Waals surface area contributed by atoms with Crippen LogP contribution in [0.25, 0.3) is 0 Å². The lowest BCUT2D eigenvalue weighted by molar-refractivity contribution is 0.766. The Balaban J connectivity index is 2.12. The standard InChI is InChI=1S/C17H17N3/c1-12-7-8-15-13(10-12)5-3-9-20(15)16-6-2-4-14(11-18)17(16)19/h2,4,6-8,10H,3,5,9,19H2,1H3. The molecular formula is C17H17N3. The third-order valence-electron chi connectivity index (χ3n) is 3.85. The first-order valence-electron chi connectivity index (χ1n) is 6.86. The van der Waals surface area contributed by atoms with E-state index in [4.69, 9.17) is 11.0 Å². The average molecular weight is 263 g/mol. The van der Waals surface area contributed by atoms with Gasteiger partial charge in [0.15, 0.2) is 0 Å². The molecule has 0 unspecified atom stereocenters. The van der Waals surface area contributed by atoms with Crippen LogP contribution < -0.4 is 10.6 Å². The second-order valence-corrected chi connectivity index (χ2v) is 5.24. The van der Waals surface area contributed by atoms with Crippen LogP contribution >= 0.6 is 0 Å². The van der Waals surface area contributed by atoms with E-state index >= 15 is 0 Å². The molecule has 0 spiro atoms. The molecule has 2 N–H and O–H groups in total. The molecule has 0 radical (unpaired) electrons. The summed E-state index contributed by atoms with van der Waals surface area (Å²) in [5, 5.41) is 9.12. The van der Waals surface area contributed by atoms with Gasteiger partial charge in [0.1, 0.15) is 6.07 Å². The van der Waals surface area contributed by atoms with Crippen LogP contribution in [0.4, 0.5) is 17.1 Å². The number of nitrogens with two attached hydrogens (primary N) is 1. The minimum Gasteiger partial charge on any atom is -0.396 e. The van der Waals surface area contributed by atoms with Crippen molar-refractivity contribution in [3.8, 4) is 6.07 Å². The number of para-hydroxylation sites is 1. The number of hydrogen-bond acceptors (Lipinski definition) is 3. The highest BCUT2D eigenvalue weighted by Crippen LogP contribution is 2.37. The summed E-state index contributed by atoms with van der Waals surface area (Å²) in [6.45, 7) is 3.05. The van der Waals surface area contributed by atoms with Gasteiger partial charge >= 0.3 is 0 Å². The van der Waals surface area contributed by atoms with Gasteiger partial charge in [-0.05, 0) is 43.5 Å². The van der Waals surface area contributed by atoms with Crippen LogP contribution in [0.2, 0.25) is 0 Å². The minimum absolute atomic E-state index is 0.543. The van der Waals surface area contributed by atoms with Gasteiger partial charge in [0.05, 0.1) is 16.9 Å². The third-order valence-corrected chi connectivity index (χ3v) is 3.85. The number of nitrogens with zero attached hydrogens (tertiary/aromatic N) is 2. The van der Waals surface area contributed by atoms with E-state index in [1.165, 1.54) is 16.8 Å². The Hall–Kier alpha value is -2.47. The number of hydrogen-bond donors (Lipinski definition) is 1. The molecule has 1 heterocycles. The van der Waals surface area contributed by atoms with Gasteiger partial charge in [0, 0.05) is 12.2 Å². The Morgan fingerprint density at radius 1 is 1.20 bits per heavy atom. The molecule has 0 bridgehead atoms. The maximum atomic E-state index is 9.12. The molecule has 1 aliphatic heterocycles. The normalized spacial score (nSPS) is 13.7. The topological polar surface area (TPSA) is 53.0 Å². The van der Waals surface area contributed by atoms with E-state index in [9.17, 15) is 0 Å². The third kappa shape index (κ3) is 2.00. The number of fused-ring (bicyclic) bond motifs is 1. The van der Waals surface area contributed by atoms with Crippen molar-refractivity contribution < 1.29 is 0 Å². The van der Waals surface area contributed by atoms with Crippen LogP contribution in [0, 0.1) is 18.3 Å². The van der Waals surface area contributed by atoms with Gasteiger partial charge in [0.25, 0.3) is 0 Å². The molecule has 20 heavy (non-hydrogen) atoms. The number of nitriles is 1. The number of rotatable bonds is 1. The van der Waals surface area contributed by atoms with Gasteiger partial charge in [-0.25, -0.2) is 0 Å². The second-order valence-electron chi connectivity index (χ2n) is 5.24. The molecule has 0 atom stereocenters. The van der Waals surface area contributed by atoms with Crippen LogP contribution in [0.1, 0.15) is 23.1 Å². The molecule has 1 aliphatic rings. The van der Waals surface area contributed by atoms with Crippen LogP contribution in [0.15, 0.2) is 36.4 Å². The van der Waals surface area contributed by atoms with E-state index in [2.05, 4.69) is 36.1 Å². The van der Waals surface area contributed by atoms with Crippen molar-refractivity contribution >= 4 is 17.1 Å². The van der Waals surface area contributed by atoms with Crippen LogP contribution in [0.5, 0.6) is 0 Å². The molecule has 100 valence electrons. The summed E-state index contributed by atoms with van der Waals surface area (Å²) >= 11 is 0. The van der Waals surface area contributed by atoms with E-state index in [0.717, 1.165) is 25.1 Å². The molecule has 0 fully saturated rings. The van der Waals surface area contributed by atoms with Crippen molar-refractivity contribution in [3.05, 3.63) is 53.1 Å². The predicted molar refractivity (Wildman–Crippen MR) is 82.1 cm³/mol. The Morgan fingerprint density at radius 2 is 2.05 bits per heavy atom. The lowest BCUT2D eigenvalue weighted by atomic mass is 9.98. The van der Waals surface area contributed by atoms with E-state index in [1.807, 2.05) is 12.1 Å². The van der Waals surface area contributed by atoms with Gasteiger partial charge in [-0.1, -0.05) is 23.8 Å². The van der Waals surface area contributed by atoms with Crippen LogP contribution in [-0.2, 0) is 6.42 Å². The summed E-state index contributed by atoms with van der Waals surface area (Å²) in [6.07, 6.45) is 2.21. The fraction of sp³-hybridized carbons (Fsp3) is 0.235. The van der Waals surface area contributed by atoms with Gasteiger partial charge in [-0.15, -0.1) is 0 Å². The molecule has 0 aromatic heterocycles. The fourth-order valence-corrected chi connectivity index (χ4v) is 2.86. The Bertz CT molecular complexity index is 698. The quantitative estimate of drug-likeness (QED) is 0.801. The zero-order valence-electron chi connectivity index (χ0n) is 11.6. The second kappa shape index (κ2) is 4.90. The first-order chi connectivity index (χ1) is 9.70. The van der Waals surface area contributed by atoms with E-state index < -0.39 is 0 Å². The van der Waals surface area contributed by atoms with Crippen LogP contribution in [0.3, 0.4) is 0 Å². The highest BCUT2D eigenvalue weighted by Gasteiger charge is 2.20. The SMILES string of the molecule is Cc1ccc2c(c1)CCCN2c1cccc(C#N)c1N. The molecule has 3 rings (SSSR count). The lowest BCUT2D eigenvalue weighted by Gasteiger charge is -2.32. The molecule has 0 saturated heterocycles. The highest BCUT2D eigenvalue weighted by molar-refractivity contribution is 5.80. The Kier molecular flexibility index (Phi) is 3.08. The minimum atomic E-state index is 0.543. The summed E-state index contributed by atoms with van der Waals surface area (Å²) in [7, 11) is 0. The van der Waals surface area contributed by atoms with Gasteiger partial charge < -0.3 is 10.6 Å². The van der Waals surface area contributed by atoms with Crippen molar-refractivity contribution in [2.45, 2.75) is 19.8 Å². The lowest BCUT2D eigenvalue weighted by Crippen LogP contribution is -2.25. The summed E-state index contributed by atoms with van der Waals surface area (Å²) < 4.78 is 0. The van der Waals surface area contributed by atoms with Crippen molar-refractivity contribution in [2.75, 3.05) is 17.2 Å². The molecule has 0 saturated carbocycles. The largest absolute Gasteiger partial charge is 0.396 e. The van der Waals surface area contributed by atoms with Crippen molar-refractivity contribution in [1.82, 2.24) is 0 Å². The van der Waals surface area contributed by atoms with E-state index in [0.29, 0.717) is 11.3 Å². The summed E-state index contributed by atoms with van der Waals surface area (Å²) in [5.41, 5.74) is 12.1. The number of nitrogen functional groups attached to an aromatic ring is 1. The first-order valence-corrected chi connectivity index (χ1v) is 6.86. The fourth-order valence-electron chi connectivity index (χ4n) is 2.86. The number of anilines is 3. The molecule has 3 heteroatoms. The summed E-state index contributed by atoms with van der Waals surface area (Å²) in [4.78, 5) is 2.23. The van der Waals surface area contributed by atoms with Crippen molar-refractivity contribution in [3.63, 3.8) is 0 Å². The zero-order valence-corrected chi connectivity index (χ0v) is 11.6. The smallest absolute Gasteiger partial charge is 0.101 e. The molecular weight excluding hydrogens is 246 g/mol. The molecule has 0 amide bonds. The highest BCUT2D eigenvalue weighted by atomic mass is 15.1. The maximum Gasteiger partial charge on any atom is 0.101 e. The first kappa shape index (κ1) is 12.6. The number of aryl methyl sites for hydroxylation is 2. The van der Waals surface area contributed by atoms with E-state index in [1.54, 1.807) is 6.07 Å². The molecule has 0 aliphatic carbocycles. The van der Waals surface area contributed by atoms with E-state index in [-0.39, 0.29) is 0 Å². The Morgan fingerprint density at radius 3 is 2.85 bits per heavy atom. The molecule has 3 nitrogen and oxygen atoms in total.